The molecule has 112 valence electrons. The molecule has 1 aromatic rings. The summed E-state index contributed by atoms with van der Waals surface area (Å²) in [5, 5.41) is 11.6. The van der Waals surface area contributed by atoms with Gasteiger partial charge in [-0.25, -0.2) is 0 Å². The van der Waals surface area contributed by atoms with Gasteiger partial charge in [-0.15, -0.1) is 0 Å². The zero-order valence-corrected chi connectivity index (χ0v) is 11.4. The minimum absolute atomic E-state index is 0.231. The molecule has 2 amide bonds. The fourth-order valence-electron chi connectivity index (χ4n) is 2.35. The molecule has 21 heavy (non-hydrogen) atoms. The Bertz CT molecular complexity index is 556. The molecular formula is C14H17N3O4. The van der Waals surface area contributed by atoms with Crippen LogP contribution in [-0.2, 0) is 16.1 Å². The van der Waals surface area contributed by atoms with Crippen LogP contribution in [0, 0.1) is 0 Å². The van der Waals surface area contributed by atoms with Gasteiger partial charge >= 0.3 is 5.97 Å². The van der Waals surface area contributed by atoms with E-state index in [1.165, 1.54) is 0 Å². The summed E-state index contributed by atoms with van der Waals surface area (Å²) in [5.74, 6) is -1.77. The minimum atomic E-state index is -1.01. The van der Waals surface area contributed by atoms with E-state index in [1.54, 1.807) is 24.3 Å². The lowest BCUT2D eigenvalue weighted by Crippen LogP contribution is -2.55. The predicted octanol–water partition coefficient (Wildman–Crippen LogP) is -0.439. The number of carboxylic acids is 1. The Morgan fingerprint density at radius 2 is 2.00 bits per heavy atom. The molecule has 0 bridgehead atoms. The van der Waals surface area contributed by atoms with Crippen LogP contribution >= 0.6 is 0 Å². The molecule has 4 N–H and O–H groups in total. The lowest BCUT2D eigenvalue weighted by atomic mass is 10.1. The number of nitrogens with two attached hydrogens (primary N) is 1. The number of aliphatic carboxylic acids is 1. The predicted molar refractivity (Wildman–Crippen MR) is 74.4 cm³/mol. The monoisotopic (exact) mass is 291 g/mol. The number of benzene rings is 1. The fourth-order valence-corrected chi connectivity index (χ4v) is 2.35. The molecule has 1 fully saturated rings. The van der Waals surface area contributed by atoms with E-state index in [2.05, 4.69) is 5.32 Å². The van der Waals surface area contributed by atoms with Gasteiger partial charge in [0.15, 0.2) is 0 Å². The van der Waals surface area contributed by atoms with Gasteiger partial charge in [-0.3, -0.25) is 19.3 Å². The number of primary amides is 1. The first-order chi connectivity index (χ1) is 9.97. The van der Waals surface area contributed by atoms with Crippen molar-refractivity contribution in [1.29, 1.82) is 0 Å². The van der Waals surface area contributed by atoms with E-state index in [-0.39, 0.29) is 12.3 Å². The third-order valence-electron chi connectivity index (χ3n) is 3.43. The highest BCUT2D eigenvalue weighted by Crippen LogP contribution is 2.14. The molecule has 0 saturated carbocycles. The number of amides is 2. The van der Waals surface area contributed by atoms with Crippen LogP contribution in [0.15, 0.2) is 24.3 Å². The van der Waals surface area contributed by atoms with Gasteiger partial charge in [-0.2, -0.15) is 0 Å². The normalized spacial score (nSPS) is 19.0. The largest absolute Gasteiger partial charge is 0.481 e. The van der Waals surface area contributed by atoms with E-state index in [9.17, 15) is 14.4 Å². The average Bonchev–Trinajstić information content (AvgIpc) is 2.43. The number of piperazine rings is 1. The summed E-state index contributed by atoms with van der Waals surface area (Å²) in [5.41, 5.74) is 6.48. The summed E-state index contributed by atoms with van der Waals surface area (Å²) in [6.45, 7) is 1.53. The second-order valence-corrected chi connectivity index (χ2v) is 4.94. The summed E-state index contributed by atoms with van der Waals surface area (Å²) in [6, 6.07) is 6.07. The number of nitrogens with one attached hydrogen (secondary N) is 1. The molecular weight excluding hydrogens is 274 g/mol. The van der Waals surface area contributed by atoms with Gasteiger partial charge in [0.05, 0.1) is 6.42 Å². The van der Waals surface area contributed by atoms with Crippen molar-refractivity contribution in [1.82, 2.24) is 10.2 Å². The Morgan fingerprint density at radius 1 is 1.33 bits per heavy atom. The van der Waals surface area contributed by atoms with Crippen LogP contribution in [0.25, 0.3) is 0 Å². The van der Waals surface area contributed by atoms with E-state index >= 15 is 0 Å². The number of carbonyl (C=O) groups excluding carboxylic acids is 2. The Morgan fingerprint density at radius 3 is 2.57 bits per heavy atom. The van der Waals surface area contributed by atoms with Gasteiger partial charge in [0.2, 0.25) is 11.8 Å². The van der Waals surface area contributed by atoms with Crippen molar-refractivity contribution >= 4 is 17.8 Å². The van der Waals surface area contributed by atoms with Gasteiger partial charge in [0.25, 0.3) is 0 Å². The average molecular weight is 291 g/mol. The summed E-state index contributed by atoms with van der Waals surface area (Å²) in [6.07, 6.45) is -0.231. The molecule has 7 nitrogen and oxygen atoms in total. The van der Waals surface area contributed by atoms with Crippen LogP contribution in [0.5, 0.6) is 0 Å². The van der Waals surface area contributed by atoms with Crippen molar-refractivity contribution in [2.45, 2.75) is 19.0 Å². The van der Waals surface area contributed by atoms with Gasteiger partial charge in [-0.05, 0) is 17.7 Å². The van der Waals surface area contributed by atoms with Crippen LogP contribution in [-0.4, -0.2) is 46.9 Å². The molecule has 1 aliphatic heterocycles. The van der Waals surface area contributed by atoms with Crippen LogP contribution in [0.4, 0.5) is 0 Å². The molecule has 0 radical (unpaired) electrons. The zero-order chi connectivity index (χ0) is 15.4. The maximum Gasteiger partial charge on any atom is 0.305 e. The van der Waals surface area contributed by atoms with Crippen molar-refractivity contribution in [3.8, 4) is 0 Å². The molecule has 7 heteroatoms. The number of hydrogen-bond acceptors (Lipinski definition) is 4. The third-order valence-corrected chi connectivity index (χ3v) is 3.43. The lowest BCUT2D eigenvalue weighted by Gasteiger charge is -2.34. The standard InChI is InChI=1S/C14H17N3O4/c15-13(20)10-3-1-9(2-4-10)8-17-6-5-16-14(21)11(17)7-12(18)19/h1-4,11H,5-8H2,(H2,15,20)(H,16,21)(H,18,19). The van der Waals surface area contributed by atoms with E-state index in [0.717, 1.165) is 5.56 Å². The van der Waals surface area contributed by atoms with Gasteiger partial charge in [-0.1, -0.05) is 12.1 Å². The number of carbonyl (C=O) groups is 3. The van der Waals surface area contributed by atoms with Gasteiger partial charge in [0.1, 0.15) is 6.04 Å². The van der Waals surface area contributed by atoms with Crippen LogP contribution < -0.4 is 11.1 Å². The van der Waals surface area contributed by atoms with Crippen LogP contribution in [0.2, 0.25) is 0 Å². The topological polar surface area (TPSA) is 113 Å². The van der Waals surface area contributed by atoms with Crippen molar-refractivity contribution in [3.05, 3.63) is 35.4 Å². The highest BCUT2D eigenvalue weighted by Gasteiger charge is 2.31. The number of nitrogens with zero attached hydrogens (tertiary/aromatic N) is 1. The molecule has 1 heterocycles. The Hall–Kier alpha value is -2.41. The lowest BCUT2D eigenvalue weighted by molar-refractivity contribution is -0.143. The van der Waals surface area contributed by atoms with Crippen molar-refractivity contribution in [2.24, 2.45) is 5.73 Å². The summed E-state index contributed by atoms with van der Waals surface area (Å²) < 4.78 is 0. The smallest absolute Gasteiger partial charge is 0.305 e. The molecule has 0 aliphatic carbocycles. The van der Waals surface area contributed by atoms with E-state index in [4.69, 9.17) is 10.8 Å². The fraction of sp³-hybridized carbons (Fsp3) is 0.357. The van der Waals surface area contributed by atoms with Gasteiger partial charge < -0.3 is 16.2 Å². The maximum atomic E-state index is 11.8. The quantitative estimate of drug-likeness (QED) is 0.681. The SMILES string of the molecule is NC(=O)c1ccc(CN2CCNC(=O)C2CC(=O)O)cc1. The summed E-state index contributed by atoms with van der Waals surface area (Å²) in [7, 11) is 0. The highest BCUT2D eigenvalue weighted by atomic mass is 16.4. The molecule has 1 saturated heterocycles. The van der Waals surface area contributed by atoms with Crippen molar-refractivity contribution in [3.63, 3.8) is 0 Å². The maximum absolute atomic E-state index is 11.8. The molecule has 0 aromatic heterocycles. The van der Waals surface area contributed by atoms with Crippen LogP contribution in [0.3, 0.4) is 0 Å². The molecule has 0 spiro atoms. The van der Waals surface area contributed by atoms with Crippen LogP contribution in [0.1, 0.15) is 22.3 Å². The van der Waals surface area contributed by atoms with Crippen molar-refractivity contribution < 1.29 is 19.5 Å². The molecule has 1 aromatic carbocycles. The highest BCUT2D eigenvalue weighted by molar-refractivity contribution is 5.92. The number of carboxylic acid groups (broad SMARTS) is 1. The Kier molecular flexibility index (Phi) is 4.54. The number of rotatable bonds is 5. The van der Waals surface area contributed by atoms with E-state index in [0.29, 0.717) is 25.2 Å². The first kappa shape index (κ1) is 15.0. The zero-order valence-electron chi connectivity index (χ0n) is 11.4. The second kappa shape index (κ2) is 6.36. The second-order valence-electron chi connectivity index (χ2n) is 4.94. The summed E-state index contributed by atoms with van der Waals surface area (Å²) in [4.78, 5) is 35.5. The molecule has 1 aliphatic rings. The minimum Gasteiger partial charge on any atom is -0.481 e. The summed E-state index contributed by atoms with van der Waals surface area (Å²) >= 11 is 0. The van der Waals surface area contributed by atoms with Gasteiger partial charge in [0, 0.05) is 25.2 Å². The third kappa shape index (κ3) is 3.79. The first-order valence-electron chi connectivity index (χ1n) is 6.59. The first-order valence-corrected chi connectivity index (χ1v) is 6.59. The van der Waals surface area contributed by atoms with E-state index in [1.807, 2.05) is 4.90 Å². The molecule has 1 unspecified atom stereocenters. The molecule has 2 rings (SSSR count). The Labute approximate surface area is 121 Å². The Balaban J connectivity index is 2.09. The van der Waals surface area contributed by atoms with Crippen molar-refractivity contribution in [2.75, 3.05) is 13.1 Å². The van der Waals surface area contributed by atoms with E-state index < -0.39 is 17.9 Å². The number of hydrogen-bond donors (Lipinski definition) is 3. The molecule has 1 atom stereocenters.